The second kappa shape index (κ2) is 6.47. The summed E-state index contributed by atoms with van der Waals surface area (Å²) in [5.74, 6) is -1.60. The molecule has 1 atom stereocenters. The van der Waals surface area contributed by atoms with Crippen molar-refractivity contribution in [2.45, 2.75) is 39.7 Å². The largest absolute Gasteiger partial charge is 0.480 e. The van der Waals surface area contributed by atoms with Gasteiger partial charge >= 0.3 is 5.97 Å². The molecule has 1 amide bonds. The number of aliphatic carboxylic acids is 1. The lowest BCUT2D eigenvalue weighted by Gasteiger charge is -2.08. The lowest BCUT2D eigenvalue weighted by atomic mass is 10.1. The van der Waals surface area contributed by atoms with Gasteiger partial charge in [0.05, 0.1) is 0 Å². The predicted octanol–water partition coefficient (Wildman–Crippen LogP) is 1.92. The minimum atomic E-state index is -1.09. The molecule has 0 saturated carbocycles. The lowest BCUT2D eigenvalue weighted by molar-refractivity contribution is -0.141. The lowest BCUT2D eigenvalue weighted by Crippen LogP contribution is -2.38. The molecule has 1 rings (SSSR count). The third-order valence-electron chi connectivity index (χ3n) is 2.67. The smallest absolute Gasteiger partial charge is 0.325 e. The fourth-order valence-corrected chi connectivity index (χ4v) is 2.59. The summed E-state index contributed by atoms with van der Waals surface area (Å²) < 4.78 is 0. The van der Waals surface area contributed by atoms with E-state index in [0.717, 1.165) is 9.75 Å². The molecule has 6 heteroatoms. The minimum absolute atomic E-state index is 0.00475. The molecule has 0 aliphatic carbocycles. The van der Waals surface area contributed by atoms with Crippen LogP contribution in [0.4, 0.5) is 0 Å². The Balaban J connectivity index is 2.49. The van der Waals surface area contributed by atoms with E-state index >= 15 is 0 Å². The molecule has 0 fully saturated rings. The van der Waals surface area contributed by atoms with E-state index in [1.807, 2.05) is 19.9 Å². The van der Waals surface area contributed by atoms with Crippen LogP contribution in [0.15, 0.2) is 6.07 Å². The van der Waals surface area contributed by atoms with Crippen LogP contribution in [0, 0.1) is 13.8 Å². The van der Waals surface area contributed by atoms with E-state index in [1.165, 1.54) is 6.92 Å². The first-order valence-corrected chi connectivity index (χ1v) is 6.75. The van der Waals surface area contributed by atoms with E-state index in [-0.39, 0.29) is 18.6 Å². The molecule has 1 aromatic heterocycles. The van der Waals surface area contributed by atoms with Crippen LogP contribution in [0.5, 0.6) is 0 Å². The molecule has 0 aliphatic rings. The standard InChI is InChI=1S/C13H17NO4S/c1-7-6-10(9(3)19-7)11(15)4-5-12(16)14-8(2)13(17)18/h6,8H,4-5H2,1-3H3,(H,14,16)(H,17,18)/t8-/m1/s1. The van der Waals surface area contributed by atoms with Crippen LogP contribution >= 0.6 is 11.3 Å². The highest BCUT2D eigenvalue weighted by molar-refractivity contribution is 7.12. The number of carbonyl (C=O) groups is 3. The second-order valence-corrected chi connectivity index (χ2v) is 5.84. The monoisotopic (exact) mass is 283 g/mol. The maximum absolute atomic E-state index is 11.9. The summed E-state index contributed by atoms with van der Waals surface area (Å²) in [4.78, 5) is 35.9. The van der Waals surface area contributed by atoms with Crippen LogP contribution in [0.1, 0.15) is 39.9 Å². The Morgan fingerprint density at radius 2 is 1.95 bits per heavy atom. The van der Waals surface area contributed by atoms with Crippen LogP contribution in [-0.2, 0) is 9.59 Å². The van der Waals surface area contributed by atoms with E-state index < -0.39 is 17.9 Å². The molecule has 2 N–H and O–H groups in total. The van der Waals surface area contributed by atoms with Crippen LogP contribution in [0.25, 0.3) is 0 Å². The number of hydrogen-bond donors (Lipinski definition) is 2. The van der Waals surface area contributed by atoms with Crippen LogP contribution in [0.2, 0.25) is 0 Å². The molecule has 0 unspecified atom stereocenters. The Morgan fingerprint density at radius 1 is 1.32 bits per heavy atom. The number of Topliss-reactive ketones (excluding diaryl/α,β-unsaturated/α-hetero) is 1. The minimum Gasteiger partial charge on any atom is -0.480 e. The van der Waals surface area contributed by atoms with Gasteiger partial charge < -0.3 is 10.4 Å². The molecule has 0 radical (unpaired) electrons. The number of carbonyl (C=O) groups excluding carboxylic acids is 2. The molecule has 1 aromatic rings. The fourth-order valence-electron chi connectivity index (χ4n) is 1.64. The third-order valence-corrected chi connectivity index (χ3v) is 3.63. The van der Waals surface area contributed by atoms with Gasteiger partial charge in [-0.3, -0.25) is 14.4 Å². The van der Waals surface area contributed by atoms with Gasteiger partial charge in [0, 0.05) is 28.2 Å². The summed E-state index contributed by atoms with van der Waals surface area (Å²) in [6, 6.07) is 0.882. The maximum Gasteiger partial charge on any atom is 0.325 e. The SMILES string of the molecule is Cc1cc(C(=O)CCC(=O)N[C@H](C)C(=O)O)c(C)s1. The maximum atomic E-state index is 11.9. The third kappa shape index (κ3) is 4.48. The number of ketones is 1. The van der Waals surface area contributed by atoms with E-state index in [1.54, 1.807) is 11.3 Å². The van der Waals surface area contributed by atoms with Gasteiger partial charge in [-0.2, -0.15) is 0 Å². The number of nitrogens with one attached hydrogen (secondary N) is 1. The van der Waals surface area contributed by atoms with E-state index in [0.29, 0.717) is 5.56 Å². The summed E-state index contributed by atoms with van der Waals surface area (Å²) in [7, 11) is 0. The van der Waals surface area contributed by atoms with Gasteiger partial charge in [-0.1, -0.05) is 0 Å². The zero-order valence-corrected chi connectivity index (χ0v) is 12.0. The number of amides is 1. The van der Waals surface area contributed by atoms with Crippen molar-refractivity contribution in [3.63, 3.8) is 0 Å². The topological polar surface area (TPSA) is 83.5 Å². The first kappa shape index (κ1) is 15.4. The normalized spacial score (nSPS) is 11.9. The average Bonchev–Trinajstić information content (AvgIpc) is 2.65. The number of thiophene rings is 1. The van der Waals surface area contributed by atoms with Crippen molar-refractivity contribution < 1.29 is 19.5 Å². The summed E-state index contributed by atoms with van der Waals surface area (Å²) in [6.45, 7) is 5.18. The second-order valence-electron chi connectivity index (χ2n) is 4.38. The molecule has 19 heavy (non-hydrogen) atoms. The van der Waals surface area contributed by atoms with Crippen molar-refractivity contribution >= 4 is 29.0 Å². The highest BCUT2D eigenvalue weighted by Crippen LogP contribution is 2.22. The van der Waals surface area contributed by atoms with Gasteiger partial charge in [0.15, 0.2) is 5.78 Å². The predicted molar refractivity (Wildman–Crippen MR) is 72.6 cm³/mol. The van der Waals surface area contributed by atoms with E-state index in [2.05, 4.69) is 5.32 Å². The van der Waals surface area contributed by atoms with Crippen molar-refractivity contribution in [2.75, 3.05) is 0 Å². The van der Waals surface area contributed by atoms with Crippen LogP contribution in [0.3, 0.4) is 0 Å². The molecule has 0 bridgehead atoms. The van der Waals surface area contributed by atoms with Crippen molar-refractivity contribution in [1.82, 2.24) is 5.32 Å². The Hall–Kier alpha value is -1.69. The van der Waals surface area contributed by atoms with Crippen molar-refractivity contribution in [2.24, 2.45) is 0 Å². The molecular weight excluding hydrogens is 266 g/mol. The summed E-state index contributed by atoms with van der Waals surface area (Å²) >= 11 is 1.55. The Bertz CT molecular complexity index is 507. The zero-order valence-electron chi connectivity index (χ0n) is 11.1. The van der Waals surface area contributed by atoms with Gasteiger partial charge in [-0.05, 0) is 26.8 Å². The highest BCUT2D eigenvalue weighted by atomic mass is 32.1. The van der Waals surface area contributed by atoms with Gasteiger partial charge in [0.2, 0.25) is 5.91 Å². The van der Waals surface area contributed by atoms with Gasteiger partial charge in [-0.25, -0.2) is 0 Å². The molecular formula is C13H17NO4S. The van der Waals surface area contributed by atoms with Gasteiger partial charge in [0.25, 0.3) is 0 Å². The van der Waals surface area contributed by atoms with E-state index in [4.69, 9.17) is 5.11 Å². The number of aryl methyl sites for hydroxylation is 2. The quantitative estimate of drug-likeness (QED) is 0.781. The zero-order chi connectivity index (χ0) is 14.6. The first-order chi connectivity index (χ1) is 8.81. The Morgan fingerprint density at radius 3 is 2.42 bits per heavy atom. The molecule has 0 spiro atoms. The molecule has 0 saturated heterocycles. The molecule has 1 heterocycles. The van der Waals surface area contributed by atoms with Gasteiger partial charge in [0.1, 0.15) is 6.04 Å². The fraction of sp³-hybridized carbons (Fsp3) is 0.462. The Labute approximate surface area is 115 Å². The molecule has 104 valence electrons. The number of rotatable bonds is 6. The average molecular weight is 283 g/mol. The summed E-state index contributed by atoms with van der Waals surface area (Å²) in [6.07, 6.45) is 0.0972. The van der Waals surface area contributed by atoms with Crippen LogP contribution in [-0.4, -0.2) is 28.8 Å². The van der Waals surface area contributed by atoms with Crippen molar-refractivity contribution in [3.8, 4) is 0 Å². The van der Waals surface area contributed by atoms with Crippen LogP contribution < -0.4 is 5.32 Å². The molecule has 0 aliphatic heterocycles. The number of carboxylic acid groups (broad SMARTS) is 1. The summed E-state index contributed by atoms with van der Waals surface area (Å²) in [5.41, 5.74) is 0.654. The number of hydrogen-bond acceptors (Lipinski definition) is 4. The number of carboxylic acids is 1. The van der Waals surface area contributed by atoms with E-state index in [9.17, 15) is 14.4 Å². The highest BCUT2D eigenvalue weighted by Gasteiger charge is 2.16. The summed E-state index contributed by atoms with van der Waals surface area (Å²) in [5, 5.41) is 11.0. The molecule has 5 nitrogen and oxygen atoms in total. The Kier molecular flexibility index (Phi) is 5.23. The van der Waals surface area contributed by atoms with Crippen molar-refractivity contribution in [3.05, 3.63) is 21.4 Å². The molecule has 0 aromatic carbocycles. The first-order valence-electron chi connectivity index (χ1n) is 5.93. The van der Waals surface area contributed by atoms with Gasteiger partial charge in [-0.15, -0.1) is 11.3 Å². The van der Waals surface area contributed by atoms with Crippen molar-refractivity contribution in [1.29, 1.82) is 0 Å².